The Morgan fingerprint density at radius 2 is 2.00 bits per heavy atom. The lowest BCUT2D eigenvalue weighted by atomic mass is 9.94. The molecule has 184 valence electrons. The van der Waals surface area contributed by atoms with Gasteiger partial charge in [-0.2, -0.15) is 4.98 Å². The fraction of sp³-hybridized carbons (Fsp3) is 0.333. The van der Waals surface area contributed by atoms with Crippen LogP contribution < -0.4 is 10.2 Å². The Hall–Kier alpha value is -4.35. The highest BCUT2D eigenvalue weighted by molar-refractivity contribution is 5.74. The maximum atomic E-state index is 14.9. The first kappa shape index (κ1) is 22.1. The summed E-state index contributed by atoms with van der Waals surface area (Å²) in [5.74, 6) is 0.894. The monoisotopic (exact) mass is 488 g/mol. The minimum Gasteiger partial charge on any atom is -0.350 e. The number of fused-ring (bicyclic) bond motifs is 1. The van der Waals surface area contributed by atoms with Gasteiger partial charge in [-0.3, -0.25) is 0 Å². The van der Waals surface area contributed by atoms with Crippen LogP contribution in [0.1, 0.15) is 50.0 Å². The zero-order valence-corrected chi connectivity index (χ0v) is 19.9. The molecule has 11 nitrogen and oxygen atoms in total. The molecule has 1 aliphatic heterocycles. The number of rotatable bonds is 6. The molecule has 36 heavy (non-hydrogen) atoms. The van der Waals surface area contributed by atoms with E-state index in [4.69, 9.17) is 4.52 Å². The second kappa shape index (κ2) is 9.02. The molecular formula is C24H25FN10O. The zero-order chi connectivity index (χ0) is 24.6. The highest BCUT2D eigenvalue weighted by Crippen LogP contribution is 2.33. The van der Waals surface area contributed by atoms with Crippen LogP contribution in [0, 0.1) is 5.82 Å². The highest BCUT2D eigenvalue weighted by Gasteiger charge is 2.26. The van der Waals surface area contributed by atoms with Gasteiger partial charge in [0, 0.05) is 49.1 Å². The minimum atomic E-state index is -0.411. The first-order valence-corrected chi connectivity index (χ1v) is 11.9. The summed E-state index contributed by atoms with van der Waals surface area (Å²) in [5, 5.41) is 18.3. The van der Waals surface area contributed by atoms with E-state index in [0.29, 0.717) is 23.3 Å². The van der Waals surface area contributed by atoms with Crippen molar-refractivity contribution in [3.8, 4) is 5.69 Å². The van der Waals surface area contributed by atoms with Crippen LogP contribution in [-0.2, 0) is 0 Å². The molecule has 5 aromatic rings. The number of nitrogens with one attached hydrogen (secondary N) is 1. The second-order valence-corrected chi connectivity index (χ2v) is 9.19. The smallest absolute Gasteiger partial charge is 0.324 e. The van der Waals surface area contributed by atoms with Crippen LogP contribution >= 0.6 is 0 Å². The predicted molar refractivity (Wildman–Crippen MR) is 130 cm³/mol. The number of piperidine rings is 1. The van der Waals surface area contributed by atoms with E-state index in [1.807, 2.05) is 24.5 Å². The van der Waals surface area contributed by atoms with Gasteiger partial charge in [0.05, 0.1) is 17.1 Å². The summed E-state index contributed by atoms with van der Waals surface area (Å²) in [4.78, 5) is 11.3. The van der Waals surface area contributed by atoms with Crippen molar-refractivity contribution in [1.82, 2.24) is 39.7 Å². The van der Waals surface area contributed by atoms with Gasteiger partial charge in [0.1, 0.15) is 12.1 Å². The molecule has 1 saturated heterocycles. The third kappa shape index (κ3) is 4.04. The van der Waals surface area contributed by atoms with Gasteiger partial charge in [0.25, 0.3) is 0 Å². The number of tetrazole rings is 1. The van der Waals surface area contributed by atoms with Crippen LogP contribution in [0.2, 0.25) is 0 Å². The molecule has 0 atom stereocenters. The number of nitrogens with zero attached hydrogens (tertiary/aromatic N) is 9. The van der Waals surface area contributed by atoms with E-state index >= 15 is 0 Å². The normalized spacial score (nSPS) is 14.7. The minimum absolute atomic E-state index is 0.235. The fourth-order valence-electron chi connectivity index (χ4n) is 4.56. The third-order valence-corrected chi connectivity index (χ3v) is 6.53. The quantitative estimate of drug-likeness (QED) is 0.377. The van der Waals surface area contributed by atoms with Gasteiger partial charge in [-0.05, 0) is 47.5 Å². The van der Waals surface area contributed by atoms with Gasteiger partial charge in [0.2, 0.25) is 0 Å². The Balaban J connectivity index is 1.19. The van der Waals surface area contributed by atoms with E-state index in [2.05, 4.69) is 59.1 Å². The molecule has 12 heteroatoms. The average molecular weight is 489 g/mol. The van der Waals surface area contributed by atoms with Gasteiger partial charge in [-0.1, -0.05) is 19.0 Å². The second-order valence-electron chi connectivity index (χ2n) is 9.19. The van der Waals surface area contributed by atoms with Crippen molar-refractivity contribution in [2.24, 2.45) is 0 Å². The summed E-state index contributed by atoms with van der Waals surface area (Å²) >= 11 is 0. The molecule has 5 heterocycles. The number of imidazole rings is 1. The molecule has 0 radical (unpaired) electrons. The van der Waals surface area contributed by atoms with E-state index in [1.165, 1.54) is 17.1 Å². The summed E-state index contributed by atoms with van der Waals surface area (Å²) in [6, 6.07) is 9.23. The lowest BCUT2D eigenvalue weighted by Crippen LogP contribution is -2.33. The van der Waals surface area contributed by atoms with Crippen LogP contribution in [0.5, 0.6) is 0 Å². The maximum Gasteiger partial charge on any atom is 0.324 e. The molecule has 0 aliphatic carbocycles. The van der Waals surface area contributed by atoms with Crippen molar-refractivity contribution >= 4 is 23.0 Å². The third-order valence-electron chi connectivity index (χ3n) is 6.53. The molecular weight excluding hydrogens is 463 g/mol. The topological polar surface area (TPSA) is 115 Å². The van der Waals surface area contributed by atoms with Crippen LogP contribution in [0.3, 0.4) is 0 Å². The van der Waals surface area contributed by atoms with E-state index in [0.717, 1.165) is 48.8 Å². The lowest BCUT2D eigenvalue weighted by molar-refractivity contribution is 0.386. The van der Waals surface area contributed by atoms with Crippen LogP contribution in [0.15, 0.2) is 53.6 Å². The Bertz CT molecular complexity index is 1480. The number of hydrogen-bond donors (Lipinski definition) is 1. The van der Waals surface area contributed by atoms with Crippen LogP contribution in [0.4, 0.5) is 21.8 Å². The molecule has 1 N–H and O–H groups in total. The van der Waals surface area contributed by atoms with E-state index in [-0.39, 0.29) is 5.92 Å². The molecule has 0 amide bonds. The Morgan fingerprint density at radius 3 is 2.72 bits per heavy atom. The largest absolute Gasteiger partial charge is 0.350 e. The summed E-state index contributed by atoms with van der Waals surface area (Å²) in [5.41, 5.74) is 3.49. The lowest BCUT2D eigenvalue weighted by Gasteiger charge is -2.30. The van der Waals surface area contributed by atoms with Gasteiger partial charge < -0.3 is 19.1 Å². The number of benzene rings is 1. The molecule has 0 bridgehead atoms. The maximum absolute atomic E-state index is 14.9. The average Bonchev–Trinajstić information content (AvgIpc) is 3.66. The first-order chi connectivity index (χ1) is 17.6. The molecule has 0 spiro atoms. The van der Waals surface area contributed by atoms with Crippen molar-refractivity contribution in [3.63, 3.8) is 0 Å². The molecule has 1 fully saturated rings. The summed E-state index contributed by atoms with van der Waals surface area (Å²) in [7, 11) is 0. The van der Waals surface area contributed by atoms with Gasteiger partial charge >= 0.3 is 6.01 Å². The predicted octanol–water partition coefficient (Wildman–Crippen LogP) is 4.08. The summed E-state index contributed by atoms with van der Waals surface area (Å²) in [6.07, 6.45) is 7.22. The molecule has 0 saturated carbocycles. The Morgan fingerprint density at radius 1 is 1.14 bits per heavy atom. The molecule has 6 rings (SSSR count). The summed E-state index contributed by atoms with van der Waals surface area (Å²) in [6.45, 7) is 5.76. The number of pyridine rings is 1. The first-order valence-electron chi connectivity index (χ1n) is 11.9. The van der Waals surface area contributed by atoms with Crippen molar-refractivity contribution < 1.29 is 8.91 Å². The van der Waals surface area contributed by atoms with Crippen molar-refractivity contribution in [2.75, 3.05) is 23.3 Å². The number of halogens is 1. The van der Waals surface area contributed by atoms with Crippen molar-refractivity contribution in [3.05, 3.63) is 66.4 Å². The van der Waals surface area contributed by atoms with Crippen LogP contribution in [-0.4, -0.2) is 52.8 Å². The van der Waals surface area contributed by atoms with Crippen LogP contribution in [0.25, 0.3) is 11.3 Å². The fourth-order valence-corrected chi connectivity index (χ4v) is 4.56. The van der Waals surface area contributed by atoms with Gasteiger partial charge in [-0.25, -0.2) is 14.1 Å². The van der Waals surface area contributed by atoms with E-state index in [1.54, 1.807) is 12.1 Å². The van der Waals surface area contributed by atoms with Gasteiger partial charge in [0.15, 0.2) is 11.5 Å². The van der Waals surface area contributed by atoms with E-state index < -0.39 is 5.82 Å². The number of aromatic nitrogens is 8. The number of anilines is 3. The highest BCUT2D eigenvalue weighted by atomic mass is 19.1. The molecule has 4 aromatic heterocycles. The Kier molecular flexibility index (Phi) is 5.55. The van der Waals surface area contributed by atoms with Crippen molar-refractivity contribution in [1.29, 1.82) is 0 Å². The zero-order valence-electron chi connectivity index (χ0n) is 19.9. The molecule has 1 aromatic carbocycles. The SMILES string of the molecule is CC(C)c1noc(N2CCC(c3cnc4c(Nc5ccc(-n6cnnn6)cc5F)cccn34)CC2)n1. The van der Waals surface area contributed by atoms with E-state index in [9.17, 15) is 4.39 Å². The summed E-state index contributed by atoms with van der Waals surface area (Å²) < 4.78 is 23.8. The standard InChI is InChI=1S/C24H25FN10O/c1-15(2)22-29-24(36-30-22)33-10-7-16(8-11-33)21-13-26-23-20(4-3-9-34(21)23)28-19-6-5-17(12-18(19)25)35-14-27-31-32-35/h3-6,9,12-16,28H,7-8,10-11H2,1-2H3. The Labute approximate surface area is 205 Å². The molecule has 1 aliphatic rings. The van der Waals surface area contributed by atoms with Crippen molar-refractivity contribution in [2.45, 2.75) is 38.5 Å². The molecule has 0 unspecified atom stereocenters. The van der Waals surface area contributed by atoms with Gasteiger partial charge in [-0.15, -0.1) is 5.10 Å². The number of hydrogen-bond acceptors (Lipinski definition) is 9.